The number of methoxy groups -OCH3 is 1. The Kier molecular flexibility index (Phi) is 12.6. The molecule has 0 bridgehead atoms. The Labute approximate surface area is 307 Å². The first kappa shape index (κ1) is 38.5. The van der Waals surface area contributed by atoms with Gasteiger partial charge in [-0.15, -0.1) is 11.6 Å². The van der Waals surface area contributed by atoms with Crippen LogP contribution < -0.4 is 20.9 Å². The average molecular weight is 757 g/mol. The van der Waals surface area contributed by atoms with Crippen molar-refractivity contribution in [1.82, 2.24) is 29.8 Å². The van der Waals surface area contributed by atoms with Gasteiger partial charge in [0.1, 0.15) is 12.1 Å². The Morgan fingerprint density at radius 2 is 1.98 bits per heavy atom. The number of aromatic nitrogens is 2. The number of likely N-dealkylation sites (N-methyl/N-ethyl adjacent to an activating group) is 1. The van der Waals surface area contributed by atoms with Crippen LogP contribution in [0.4, 0.5) is 0 Å². The number of carbonyl (C=O) groups excluding carboxylic acids is 1. The number of halogens is 1. The largest absolute Gasteiger partial charge is 0.376 e. The highest BCUT2D eigenvalue weighted by Crippen LogP contribution is 2.48. The first-order chi connectivity index (χ1) is 23.8. The number of alkyl halides is 1. The minimum Gasteiger partial charge on any atom is -0.376 e. The Bertz CT molecular complexity index is 1530. The summed E-state index contributed by atoms with van der Waals surface area (Å²) in [6.07, 6.45) is 9.33. The van der Waals surface area contributed by atoms with E-state index in [0.29, 0.717) is 30.9 Å². The number of piperidine rings is 2. The molecule has 10 unspecified atom stereocenters. The van der Waals surface area contributed by atoms with Gasteiger partial charge in [0.15, 0.2) is 0 Å². The van der Waals surface area contributed by atoms with Crippen LogP contribution in [0.5, 0.6) is 0 Å². The van der Waals surface area contributed by atoms with E-state index in [1.807, 2.05) is 6.92 Å². The number of hydrogen-bond donors (Lipinski definition) is 3. The maximum absolute atomic E-state index is 14.0. The van der Waals surface area contributed by atoms with E-state index in [9.17, 15) is 18.0 Å². The maximum Gasteiger partial charge on any atom is 0.257 e. The molecule has 3 N–H and O–H groups in total. The van der Waals surface area contributed by atoms with E-state index < -0.39 is 21.8 Å². The molecule has 0 spiro atoms. The van der Waals surface area contributed by atoms with Crippen LogP contribution in [0.2, 0.25) is 0 Å². The maximum atomic E-state index is 14.0. The van der Waals surface area contributed by atoms with Crippen LogP contribution in [0.25, 0.3) is 0 Å². The lowest BCUT2D eigenvalue weighted by Gasteiger charge is -2.47. The second kappa shape index (κ2) is 16.4. The highest BCUT2D eigenvalue weighted by Gasteiger charge is 2.52. The van der Waals surface area contributed by atoms with Gasteiger partial charge in [-0.3, -0.25) is 24.2 Å². The van der Waals surface area contributed by atoms with Crippen LogP contribution in [-0.2, 0) is 43.7 Å². The molecular weight excluding hydrogens is 700 g/mol. The molecule has 1 aromatic rings. The molecule has 4 fully saturated rings. The van der Waals surface area contributed by atoms with Gasteiger partial charge in [-0.2, -0.15) is 11.8 Å². The summed E-state index contributed by atoms with van der Waals surface area (Å²) in [4.78, 5) is 34.3. The normalized spacial score (nSPS) is 36.2. The van der Waals surface area contributed by atoms with Gasteiger partial charge in [0.25, 0.3) is 5.56 Å². The van der Waals surface area contributed by atoms with Crippen LogP contribution in [0.1, 0.15) is 69.0 Å². The molecule has 1 amide bonds. The van der Waals surface area contributed by atoms with E-state index in [0.717, 1.165) is 94.2 Å². The van der Waals surface area contributed by atoms with Gasteiger partial charge in [0.05, 0.1) is 37.1 Å². The first-order valence-corrected chi connectivity index (χ1v) is 21.9. The molecule has 3 aliphatic heterocycles. The van der Waals surface area contributed by atoms with Crippen molar-refractivity contribution in [2.75, 3.05) is 45.9 Å². The van der Waals surface area contributed by atoms with Gasteiger partial charge in [-0.25, -0.2) is 13.4 Å². The lowest BCUT2D eigenvalue weighted by Crippen LogP contribution is -2.58. The lowest BCUT2D eigenvalue weighted by molar-refractivity contribution is -0.123. The standard InChI is InChI=1S/C35H57ClN6O6S2/c1-20-14-26(33-32(38-20)28(19-49-33)34(43)40-50(5,45)46)25-16-23(36)6-9-30(25)48-13-12-42-21(2)39-29-8-7-24(17-27(29)35(42)44)41(3)18-22-10-11-37-31(15-22)47-4/h20,22-26,28,30-33,37-38H,6-19H2,1-5H3,(H,40,43)/t20?,22?,23?,24-,25?,26?,28?,30?,31?,32?,33?/m1/s1. The van der Waals surface area contributed by atoms with Crippen molar-refractivity contribution in [3.05, 3.63) is 27.4 Å². The SMILES string of the molecule is COC1CC(CN(C)[C@@H]2CCc3nc(C)n(CCOC4CCC(Cl)CC4C4CC(C)NC5C(C(=O)NS(C)(=O)=O)CSC45)c(=O)c3C2)CCN1. The number of sulfonamides is 1. The Hall–Kier alpha value is -1.26. The molecule has 0 radical (unpaired) electrons. The number of rotatable bonds is 11. The number of fused-ring (bicyclic) bond motifs is 2. The second-order valence-corrected chi connectivity index (χ2v) is 19.1. The van der Waals surface area contributed by atoms with E-state index in [1.54, 1.807) is 23.4 Å². The van der Waals surface area contributed by atoms with Crippen molar-refractivity contribution in [3.8, 4) is 0 Å². The third-order valence-corrected chi connectivity index (χ3v) is 14.5. The van der Waals surface area contributed by atoms with E-state index in [-0.39, 0.29) is 52.4 Å². The number of thioether (sulfide) groups is 1. The summed E-state index contributed by atoms with van der Waals surface area (Å²) in [5.74, 6) is 1.52. The molecule has 11 atom stereocenters. The molecule has 15 heteroatoms. The third kappa shape index (κ3) is 8.91. The summed E-state index contributed by atoms with van der Waals surface area (Å²) in [6, 6.07) is 0.380. The molecule has 4 heterocycles. The molecule has 12 nitrogen and oxygen atoms in total. The van der Waals surface area contributed by atoms with Crippen LogP contribution in [-0.4, -0.2) is 116 Å². The van der Waals surface area contributed by atoms with Crippen LogP contribution in [0.15, 0.2) is 4.79 Å². The fraction of sp³-hybridized carbons (Fsp3) is 0.857. The first-order valence-electron chi connectivity index (χ1n) is 18.5. The van der Waals surface area contributed by atoms with E-state index >= 15 is 0 Å². The van der Waals surface area contributed by atoms with Crippen molar-refractivity contribution in [1.29, 1.82) is 0 Å². The Balaban J connectivity index is 1.10. The summed E-state index contributed by atoms with van der Waals surface area (Å²) in [5, 5.41) is 7.27. The summed E-state index contributed by atoms with van der Waals surface area (Å²) >= 11 is 8.56. The van der Waals surface area contributed by atoms with Gasteiger partial charge in [0.2, 0.25) is 15.9 Å². The molecular formula is C35H57ClN6O6S2. The van der Waals surface area contributed by atoms with Crippen LogP contribution in [0, 0.1) is 30.6 Å². The lowest BCUT2D eigenvalue weighted by atomic mass is 9.70. The number of carbonyl (C=O) groups is 1. The van der Waals surface area contributed by atoms with Crippen molar-refractivity contribution in [3.63, 3.8) is 0 Å². The van der Waals surface area contributed by atoms with E-state index in [1.165, 1.54) is 0 Å². The van der Waals surface area contributed by atoms with Crippen LogP contribution >= 0.6 is 23.4 Å². The minimum absolute atomic E-state index is 0.00207. The number of hydrogen-bond acceptors (Lipinski definition) is 11. The summed E-state index contributed by atoms with van der Waals surface area (Å²) in [5.41, 5.74) is 1.86. The van der Waals surface area contributed by atoms with Crippen molar-refractivity contribution >= 4 is 39.3 Å². The molecule has 1 saturated carbocycles. The fourth-order valence-corrected chi connectivity index (χ4v) is 12.2. The van der Waals surface area contributed by atoms with Gasteiger partial charge >= 0.3 is 0 Å². The molecule has 6 rings (SSSR count). The Morgan fingerprint density at radius 3 is 2.74 bits per heavy atom. The highest BCUT2D eigenvalue weighted by molar-refractivity contribution is 8.00. The summed E-state index contributed by atoms with van der Waals surface area (Å²) < 4.78 is 39.9. The van der Waals surface area contributed by atoms with Crippen molar-refractivity contribution < 1.29 is 22.7 Å². The summed E-state index contributed by atoms with van der Waals surface area (Å²) in [6.45, 7) is 6.89. The molecule has 2 aliphatic carbocycles. The zero-order chi connectivity index (χ0) is 35.7. The molecule has 282 valence electrons. The monoisotopic (exact) mass is 756 g/mol. The van der Waals surface area contributed by atoms with E-state index in [2.05, 4.69) is 34.2 Å². The molecule has 1 aromatic heterocycles. The number of ether oxygens (including phenoxy) is 2. The molecule has 0 aromatic carbocycles. The topological polar surface area (TPSA) is 144 Å². The van der Waals surface area contributed by atoms with E-state index in [4.69, 9.17) is 26.1 Å². The predicted octanol–water partition coefficient (Wildman–Crippen LogP) is 2.28. The van der Waals surface area contributed by atoms with Gasteiger partial charge in [0, 0.05) is 53.7 Å². The Morgan fingerprint density at radius 1 is 1.18 bits per heavy atom. The smallest absolute Gasteiger partial charge is 0.257 e. The molecule has 50 heavy (non-hydrogen) atoms. The second-order valence-electron chi connectivity index (χ2n) is 15.6. The third-order valence-electron chi connectivity index (χ3n) is 12.0. The number of aryl methyl sites for hydroxylation is 2. The van der Waals surface area contributed by atoms with Crippen LogP contribution in [0.3, 0.4) is 0 Å². The van der Waals surface area contributed by atoms with Gasteiger partial charge in [-0.05, 0) is 103 Å². The number of nitrogens with one attached hydrogen (secondary N) is 3. The zero-order valence-corrected chi connectivity index (χ0v) is 32.6. The predicted molar refractivity (Wildman–Crippen MR) is 197 cm³/mol. The minimum atomic E-state index is -3.63. The molecule has 5 aliphatic rings. The highest BCUT2D eigenvalue weighted by atomic mass is 35.5. The van der Waals surface area contributed by atoms with Gasteiger partial charge < -0.3 is 19.7 Å². The summed E-state index contributed by atoms with van der Waals surface area (Å²) in [7, 11) is 0.324. The fourth-order valence-electron chi connectivity index (χ4n) is 9.49. The number of nitrogens with zero attached hydrogens (tertiary/aromatic N) is 3. The zero-order valence-electron chi connectivity index (χ0n) is 30.2. The quantitative estimate of drug-likeness (QED) is 0.286. The van der Waals surface area contributed by atoms with Crippen molar-refractivity contribution in [2.24, 2.45) is 23.7 Å². The number of amides is 1. The average Bonchev–Trinajstić information content (AvgIpc) is 3.49. The molecule has 3 saturated heterocycles. The van der Waals surface area contributed by atoms with Crippen molar-refractivity contribution in [2.45, 2.75) is 119 Å². The van der Waals surface area contributed by atoms with Gasteiger partial charge in [-0.1, -0.05) is 0 Å².